The third-order valence-electron chi connectivity index (χ3n) is 1.89. The number of terminal acetylenes is 1. The van der Waals surface area contributed by atoms with Crippen LogP contribution in [0, 0.1) is 22.5 Å². The van der Waals surface area contributed by atoms with Crippen molar-refractivity contribution in [2.24, 2.45) is 0 Å². The Morgan fingerprint density at radius 3 is 3.12 bits per heavy atom. The van der Waals surface area contributed by atoms with Gasteiger partial charge in [0.2, 0.25) is 0 Å². The lowest BCUT2D eigenvalue weighted by Gasteiger charge is -2.09. The van der Waals surface area contributed by atoms with Crippen LogP contribution in [-0.4, -0.2) is 38.1 Å². The Morgan fingerprint density at radius 1 is 1.82 bits per heavy atom. The maximum Gasteiger partial charge on any atom is 0.434 e. The highest BCUT2D eigenvalue weighted by Gasteiger charge is 2.17. The predicted octanol–water partition coefficient (Wildman–Crippen LogP) is -1.10. The van der Waals surface area contributed by atoms with Crippen molar-refractivity contribution in [1.29, 1.82) is 0 Å². The number of nitrogens with one attached hydrogen (secondary N) is 1. The molecule has 0 bridgehead atoms. The van der Waals surface area contributed by atoms with Gasteiger partial charge in [-0.3, -0.25) is 4.79 Å². The van der Waals surface area contributed by atoms with Crippen molar-refractivity contribution in [3.8, 4) is 12.3 Å². The average Bonchev–Trinajstić information content (AvgIpc) is 2.74. The van der Waals surface area contributed by atoms with E-state index in [9.17, 15) is 20.0 Å². The van der Waals surface area contributed by atoms with Gasteiger partial charge < -0.3 is 20.5 Å². The van der Waals surface area contributed by atoms with Crippen LogP contribution in [0.2, 0.25) is 0 Å². The van der Waals surface area contributed by atoms with Crippen LogP contribution in [0.15, 0.2) is 12.4 Å². The van der Waals surface area contributed by atoms with Crippen LogP contribution in [0.1, 0.15) is 0 Å². The monoisotopic (exact) mass is 238 g/mol. The summed E-state index contributed by atoms with van der Waals surface area (Å²) >= 11 is 0. The number of nitrogens with zero attached hydrogens (tertiary/aromatic N) is 3. The summed E-state index contributed by atoms with van der Waals surface area (Å²) in [7, 11) is 0. The number of nitro groups is 1. The number of carbonyl (C=O) groups excluding carboxylic acids is 1. The van der Waals surface area contributed by atoms with E-state index in [4.69, 9.17) is 6.42 Å². The van der Waals surface area contributed by atoms with Gasteiger partial charge in [-0.2, -0.15) is 0 Å². The van der Waals surface area contributed by atoms with Crippen molar-refractivity contribution in [2.45, 2.75) is 12.6 Å². The highest BCUT2D eigenvalue weighted by molar-refractivity contribution is 5.92. The molecule has 0 aromatic carbocycles. The Bertz CT molecular complexity index is 462. The summed E-state index contributed by atoms with van der Waals surface area (Å²) in [5.41, 5.74) is 0. The van der Waals surface area contributed by atoms with E-state index in [2.05, 4.69) is 10.3 Å². The number of hydrogen-bond donors (Lipinski definition) is 2. The number of rotatable bonds is 5. The molecule has 0 fully saturated rings. The van der Waals surface area contributed by atoms with Crippen LogP contribution in [0.5, 0.6) is 0 Å². The van der Waals surface area contributed by atoms with Gasteiger partial charge in [0, 0.05) is 6.54 Å². The van der Waals surface area contributed by atoms with Crippen molar-refractivity contribution in [3.63, 3.8) is 0 Å². The first kappa shape index (κ1) is 12.7. The van der Waals surface area contributed by atoms with Crippen molar-refractivity contribution in [3.05, 3.63) is 22.5 Å². The number of carbonyl (C=O) groups is 1. The second kappa shape index (κ2) is 5.62. The molecule has 1 atom stereocenters. The molecular weight excluding hydrogens is 228 g/mol. The van der Waals surface area contributed by atoms with E-state index in [-0.39, 0.29) is 19.0 Å². The molecule has 90 valence electrons. The van der Waals surface area contributed by atoms with Gasteiger partial charge in [0.25, 0.3) is 5.91 Å². The van der Waals surface area contributed by atoms with Crippen molar-refractivity contribution in [1.82, 2.24) is 14.9 Å². The fourth-order valence-corrected chi connectivity index (χ4v) is 1.17. The van der Waals surface area contributed by atoms with E-state index in [0.29, 0.717) is 0 Å². The molecule has 1 amide bonds. The molecule has 1 unspecified atom stereocenters. The topological polar surface area (TPSA) is 110 Å². The second-order valence-corrected chi connectivity index (χ2v) is 3.14. The molecule has 17 heavy (non-hydrogen) atoms. The first-order valence-corrected chi connectivity index (χ1v) is 4.62. The normalized spacial score (nSPS) is 11.5. The molecule has 1 aromatic rings. The van der Waals surface area contributed by atoms with E-state index in [1.54, 1.807) is 0 Å². The second-order valence-electron chi connectivity index (χ2n) is 3.14. The van der Waals surface area contributed by atoms with Crippen molar-refractivity contribution in [2.75, 3.05) is 6.54 Å². The Balaban J connectivity index is 2.54. The Hall–Kier alpha value is -2.40. The molecule has 1 aromatic heterocycles. The lowest BCUT2D eigenvalue weighted by Crippen LogP contribution is -2.33. The number of aromatic nitrogens is 2. The van der Waals surface area contributed by atoms with E-state index in [1.165, 1.54) is 17.0 Å². The maximum absolute atomic E-state index is 10.7. The first-order chi connectivity index (χ1) is 8.04. The molecule has 0 aliphatic carbocycles. The van der Waals surface area contributed by atoms with Crippen LogP contribution in [0.25, 0.3) is 0 Å². The van der Waals surface area contributed by atoms with E-state index in [1.807, 2.05) is 5.92 Å². The van der Waals surface area contributed by atoms with Crippen molar-refractivity contribution >= 4 is 11.9 Å². The van der Waals surface area contributed by atoms with Crippen molar-refractivity contribution < 1.29 is 14.8 Å². The Morgan fingerprint density at radius 2 is 2.53 bits per heavy atom. The van der Waals surface area contributed by atoms with E-state index in [0.717, 1.165) is 0 Å². The molecule has 0 aliphatic rings. The van der Waals surface area contributed by atoms with Crippen LogP contribution >= 0.6 is 0 Å². The zero-order chi connectivity index (χ0) is 12.8. The standard InChI is InChI=1S/C9H10N4O4/c1-2-8(15)11-5-7(14)6-12-4-3-10-9(12)13(16)17/h1,3-4,7,14H,5-6H2,(H,11,15). The van der Waals surface area contributed by atoms with Gasteiger partial charge in [-0.1, -0.05) is 4.98 Å². The molecule has 8 nitrogen and oxygen atoms in total. The summed E-state index contributed by atoms with van der Waals surface area (Å²) < 4.78 is 1.17. The molecule has 0 spiro atoms. The predicted molar refractivity (Wildman–Crippen MR) is 56.7 cm³/mol. The highest BCUT2D eigenvalue weighted by atomic mass is 16.6. The molecule has 0 radical (unpaired) electrons. The van der Waals surface area contributed by atoms with Gasteiger partial charge in [0.05, 0.1) is 6.54 Å². The van der Waals surface area contributed by atoms with Gasteiger partial charge in [-0.25, -0.2) is 4.57 Å². The van der Waals surface area contributed by atoms with Crippen LogP contribution in [0.4, 0.5) is 5.95 Å². The zero-order valence-electron chi connectivity index (χ0n) is 8.74. The number of hydrogen-bond acceptors (Lipinski definition) is 5. The molecule has 1 heterocycles. The number of amides is 1. The number of aliphatic hydroxyl groups is 1. The quantitative estimate of drug-likeness (QED) is 0.384. The lowest BCUT2D eigenvalue weighted by atomic mass is 10.3. The summed E-state index contributed by atoms with van der Waals surface area (Å²) in [4.78, 5) is 24.1. The van der Waals surface area contributed by atoms with Gasteiger partial charge in [-0.05, 0) is 10.8 Å². The first-order valence-electron chi connectivity index (χ1n) is 4.62. The summed E-state index contributed by atoms with van der Waals surface area (Å²) in [6, 6.07) is 0. The largest absolute Gasteiger partial charge is 0.434 e. The third kappa shape index (κ3) is 3.58. The molecule has 0 saturated heterocycles. The number of aliphatic hydroxyl groups excluding tert-OH is 1. The molecule has 8 heteroatoms. The fraction of sp³-hybridized carbons (Fsp3) is 0.333. The summed E-state index contributed by atoms with van der Waals surface area (Å²) in [5, 5.41) is 22.3. The Labute approximate surface area is 96.4 Å². The molecule has 2 N–H and O–H groups in total. The van der Waals surface area contributed by atoms with Gasteiger partial charge in [0.15, 0.2) is 0 Å². The smallest absolute Gasteiger partial charge is 0.390 e. The highest BCUT2D eigenvalue weighted by Crippen LogP contribution is 2.07. The summed E-state index contributed by atoms with van der Waals surface area (Å²) in [6.07, 6.45) is 6.44. The lowest BCUT2D eigenvalue weighted by molar-refractivity contribution is -0.397. The maximum atomic E-state index is 10.7. The minimum Gasteiger partial charge on any atom is -0.390 e. The average molecular weight is 238 g/mol. The minimum absolute atomic E-state index is 0.0544. The van der Waals surface area contributed by atoms with Crippen LogP contribution in [-0.2, 0) is 11.3 Å². The van der Waals surface area contributed by atoms with Gasteiger partial charge >= 0.3 is 5.95 Å². The van der Waals surface area contributed by atoms with Gasteiger partial charge in [-0.15, -0.1) is 6.42 Å². The Kier molecular flexibility index (Phi) is 4.19. The molecule has 0 saturated carbocycles. The van der Waals surface area contributed by atoms with Gasteiger partial charge in [0.1, 0.15) is 18.5 Å². The molecule has 0 aliphatic heterocycles. The van der Waals surface area contributed by atoms with Crippen LogP contribution in [0.3, 0.4) is 0 Å². The van der Waals surface area contributed by atoms with E-state index >= 15 is 0 Å². The fourth-order valence-electron chi connectivity index (χ4n) is 1.17. The zero-order valence-corrected chi connectivity index (χ0v) is 8.74. The van der Waals surface area contributed by atoms with Crippen LogP contribution < -0.4 is 5.32 Å². The summed E-state index contributed by atoms with van der Waals surface area (Å²) in [5.74, 6) is 0.803. The molecular formula is C9H10N4O4. The third-order valence-corrected chi connectivity index (χ3v) is 1.89. The minimum atomic E-state index is -0.986. The number of imidazole rings is 1. The SMILES string of the molecule is C#CC(=O)NCC(O)Cn1ccnc1[N+](=O)[O-]. The van der Waals surface area contributed by atoms with E-state index < -0.39 is 16.9 Å². The molecule has 1 rings (SSSR count). The summed E-state index contributed by atoms with van der Waals surface area (Å²) in [6.45, 7) is -0.139.